The SMILES string of the molecule is CCCCCC/C=C\C=C/CCCCCCCC(=O)OC[C@H](COP(=O)(O)OC[C@@H](O)COP(=O)(O)OC[C@@H](COC(=O)CCCCCCCCC(C)CC)OC(=O)CCCCCCCCCC(C)C)OC(=O)CCCCCCCCCCCCCCCCCCC. The molecular weight excluding hydrogens is 1210 g/mol. The first-order valence-corrected chi connectivity index (χ1v) is 40.3. The number of aliphatic hydroxyl groups excluding tert-OH is 1. The van der Waals surface area contributed by atoms with E-state index in [1.807, 2.05) is 0 Å². The zero-order chi connectivity index (χ0) is 67.9. The number of rotatable bonds is 70. The van der Waals surface area contributed by atoms with Crippen molar-refractivity contribution in [2.45, 2.75) is 368 Å². The molecule has 0 aromatic rings. The lowest BCUT2D eigenvalue weighted by Crippen LogP contribution is -2.30. The summed E-state index contributed by atoms with van der Waals surface area (Å²) in [5.74, 6) is -0.731. The van der Waals surface area contributed by atoms with Gasteiger partial charge in [0, 0.05) is 25.7 Å². The van der Waals surface area contributed by atoms with Crippen molar-refractivity contribution in [1.82, 2.24) is 0 Å². The van der Waals surface area contributed by atoms with E-state index < -0.39 is 97.5 Å². The van der Waals surface area contributed by atoms with Crippen LogP contribution in [0.25, 0.3) is 0 Å². The van der Waals surface area contributed by atoms with Crippen LogP contribution < -0.4 is 0 Å². The van der Waals surface area contributed by atoms with Crippen molar-refractivity contribution in [2.24, 2.45) is 11.8 Å². The largest absolute Gasteiger partial charge is 0.472 e. The molecule has 0 aromatic heterocycles. The Bertz CT molecular complexity index is 1880. The predicted molar refractivity (Wildman–Crippen MR) is 372 cm³/mol. The molecule has 0 aromatic carbocycles. The third-order valence-electron chi connectivity index (χ3n) is 16.7. The third kappa shape index (κ3) is 64.9. The topological polar surface area (TPSA) is 237 Å². The maximum Gasteiger partial charge on any atom is 0.472 e. The van der Waals surface area contributed by atoms with E-state index in [0.29, 0.717) is 31.6 Å². The molecule has 6 atom stereocenters. The Kier molecular flexibility index (Phi) is 62.8. The maximum absolute atomic E-state index is 13.0. The number of allylic oxidation sites excluding steroid dienone is 4. The number of carbonyl (C=O) groups excluding carboxylic acids is 4. The molecule has 3 unspecified atom stereocenters. The average molecular weight is 1350 g/mol. The number of esters is 4. The van der Waals surface area contributed by atoms with Crippen molar-refractivity contribution >= 4 is 39.5 Å². The Labute approximate surface area is 561 Å². The van der Waals surface area contributed by atoms with Gasteiger partial charge in [-0.2, -0.15) is 0 Å². The number of unbranched alkanes of at least 4 members (excludes halogenated alkanes) is 36. The van der Waals surface area contributed by atoms with Crippen molar-refractivity contribution in [2.75, 3.05) is 39.6 Å². The molecule has 0 amide bonds. The number of phosphoric ester groups is 2. The highest BCUT2D eigenvalue weighted by Gasteiger charge is 2.30. The van der Waals surface area contributed by atoms with Crippen LogP contribution >= 0.6 is 15.6 Å². The average Bonchev–Trinajstić information content (AvgIpc) is 1.61. The lowest BCUT2D eigenvalue weighted by atomic mass is 10.00. The second-order valence-corrected chi connectivity index (χ2v) is 29.3. The van der Waals surface area contributed by atoms with Crippen LogP contribution in [0.2, 0.25) is 0 Å². The minimum Gasteiger partial charge on any atom is -0.462 e. The van der Waals surface area contributed by atoms with Gasteiger partial charge in [-0.3, -0.25) is 37.3 Å². The first-order chi connectivity index (χ1) is 44.4. The van der Waals surface area contributed by atoms with Crippen LogP contribution in [-0.2, 0) is 65.4 Å². The molecule has 0 spiro atoms. The van der Waals surface area contributed by atoms with E-state index in [1.54, 1.807) is 0 Å². The minimum absolute atomic E-state index is 0.100. The molecule has 0 rings (SSSR count). The van der Waals surface area contributed by atoms with Crippen LogP contribution in [-0.4, -0.2) is 96.7 Å². The number of carbonyl (C=O) groups is 4. The Morgan fingerprint density at radius 2 is 0.641 bits per heavy atom. The smallest absolute Gasteiger partial charge is 0.462 e. The summed E-state index contributed by atoms with van der Waals surface area (Å²) in [5.41, 5.74) is 0. The quantitative estimate of drug-likeness (QED) is 0.0169. The van der Waals surface area contributed by atoms with Gasteiger partial charge < -0.3 is 33.8 Å². The summed E-state index contributed by atoms with van der Waals surface area (Å²) in [6, 6.07) is 0. The molecule has 92 heavy (non-hydrogen) atoms. The number of aliphatic hydroxyl groups is 1. The number of hydrogen-bond donors (Lipinski definition) is 3. The van der Waals surface area contributed by atoms with Crippen LogP contribution in [0.15, 0.2) is 24.3 Å². The van der Waals surface area contributed by atoms with Gasteiger partial charge in [0.15, 0.2) is 12.2 Å². The predicted octanol–water partition coefficient (Wildman–Crippen LogP) is 20.7. The Hall–Kier alpha value is -2.46. The van der Waals surface area contributed by atoms with Crippen LogP contribution in [0.5, 0.6) is 0 Å². The molecule has 0 radical (unpaired) electrons. The van der Waals surface area contributed by atoms with E-state index in [9.17, 15) is 43.2 Å². The fourth-order valence-electron chi connectivity index (χ4n) is 10.5. The number of ether oxygens (including phenoxy) is 4. The highest BCUT2D eigenvalue weighted by Crippen LogP contribution is 2.45. The fraction of sp³-hybridized carbons (Fsp3) is 0.890. The summed E-state index contributed by atoms with van der Waals surface area (Å²) in [5, 5.41) is 10.6. The molecule has 3 N–H and O–H groups in total. The van der Waals surface area contributed by atoms with Crippen LogP contribution in [0.4, 0.5) is 0 Å². The summed E-state index contributed by atoms with van der Waals surface area (Å²) in [4.78, 5) is 72.6. The molecule has 0 saturated carbocycles. The standard InChI is InChI=1S/C73H138O17P2/c1-7-10-12-14-16-18-20-22-24-25-27-29-31-33-37-45-51-57-72(77)89-68(61-83-70(75)55-49-43-36-32-30-28-26-23-21-19-17-15-13-11-8-2)63-87-91(79,80)85-59-67(74)60-86-92(81,82)88-64-69(90-73(78)58-52-46-38-34-35-41-47-53-65(4)5)62-84-71(76)56-50-44-40-39-42-48-54-66(6)9-3/h19,21,23,26,65-69,74H,7-18,20,22,24-25,27-64H2,1-6H3,(H,79,80)(H,81,82)/b21-19-,26-23-/t66?,67-,68-,69-/m1/s1. The lowest BCUT2D eigenvalue weighted by Gasteiger charge is -2.21. The molecule has 0 aliphatic carbocycles. The van der Waals surface area contributed by atoms with Crippen molar-refractivity contribution < 1.29 is 80.2 Å². The van der Waals surface area contributed by atoms with Crippen molar-refractivity contribution in [1.29, 1.82) is 0 Å². The molecule has 0 saturated heterocycles. The molecular formula is C73H138O17P2. The second-order valence-electron chi connectivity index (χ2n) is 26.4. The van der Waals surface area contributed by atoms with Gasteiger partial charge in [-0.25, -0.2) is 9.13 Å². The first kappa shape index (κ1) is 89.5. The van der Waals surface area contributed by atoms with Gasteiger partial charge in [-0.1, -0.05) is 297 Å². The third-order valence-corrected chi connectivity index (χ3v) is 18.6. The van der Waals surface area contributed by atoms with Gasteiger partial charge in [0.1, 0.15) is 19.3 Å². The molecule has 0 bridgehead atoms. The zero-order valence-electron chi connectivity index (χ0n) is 59.3. The molecule has 0 aliphatic heterocycles. The van der Waals surface area contributed by atoms with Crippen LogP contribution in [0.3, 0.4) is 0 Å². The minimum atomic E-state index is -4.96. The molecule has 542 valence electrons. The Morgan fingerprint density at radius 3 is 0.978 bits per heavy atom. The van der Waals surface area contributed by atoms with E-state index in [4.69, 9.17) is 37.0 Å². The van der Waals surface area contributed by atoms with Gasteiger partial charge in [-0.05, 0) is 63.2 Å². The molecule has 19 heteroatoms. The van der Waals surface area contributed by atoms with Crippen molar-refractivity contribution in [3.63, 3.8) is 0 Å². The second kappa shape index (κ2) is 64.5. The summed E-state index contributed by atoms with van der Waals surface area (Å²) in [6.45, 7) is 9.40. The number of phosphoric acid groups is 2. The Balaban J connectivity index is 5.27. The summed E-state index contributed by atoms with van der Waals surface area (Å²) in [6.07, 6.45) is 53.7. The van der Waals surface area contributed by atoms with Crippen molar-refractivity contribution in [3.05, 3.63) is 24.3 Å². The normalized spacial score (nSPS) is 14.5. The molecule has 0 aliphatic rings. The van der Waals surface area contributed by atoms with Gasteiger partial charge in [0.25, 0.3) is 0 Å². The van der Waals surface area contributed by atoms with E-state index in [-0.39, 0.29) is 25.7 Å². The van der Waals surface area contributed by atoms with Gasteiger partial charge in [0.2, 0.25) is 0 Å². The molecule has 17 nitrogen and oxygen atoms in total. The monoisotopic (exact) mass is 1350 g/mol. The summed E-state index contributed by atoms with van der Waals surface area (Å²) in [7, 11) is -9.92. The highest BCUT2D eigenvalue weighted by molar-refractivity contribution is 7.47. The van der Waals surface area contributed by atoms with Crippen molar-refractivity contribution in [3.8, 4) is 0 Å². The molecule has 0 heterocycles. The lowest BCUT2D eigenvalue weighted by molar-refractivity contribution is -0.161. The molecule has 0 fully saturated rings. The number of hydrogen-bond acceptors (Lipinski definition) is 15. The van der Waals surface area contributed by atoms with E-state index >= 15 is 0 Å². The summed E-state index contributed by atoms with van der Waals surface area (Å²) < 4.78 is 68.3. The first-order valence-electron chi connectivity index (χ1n) is 37.3. The zero-order valence-corrected chi connectivity index (χ0v) is 61.1. The highest BCUT2D eigenvalue weighted by atomic mass is 31.2. The Morgan fingerprint density at radius 1 is 0.359 bits per heavy atom. The van der Waals surface area contributed by atoms with Gasteiger partial charge in [-0.15, -0.1) is 0 Å². The van der Waals surface area contributed by atoms with E-state index in [2.05, 4.69) is 65.8 Å². The van der Waals surface area contributed by atoms with Gasteiger partial charge >= 0.3 is 39.5 Å². The summed E-state index contributed by atoms with van der Waals surface area (Å²) >= 11 is 0. The van der Waals surface area contributed by atoms with E-state index in [1.165, 1.54) is 141 Å². The van der Waals surface area contributed by atoms with Crippen LogP contribution in [0.1, 0.15) is 350 Å². The van der Waals surface area contributed by atoms with E-state index in [0.717, 1.165) is 121 Å². The van der Waals surface area contributed by atoms with Crippen LogP contribution in [0, 0.1) is 11.8 Å². The fourth-order valence-corrected chi connectivity index (χ4v) is 12.1. The maximum atomic E-state index is 13.0. The van der Waals surface area contributed by atoms with Gasteiger partial charge in [0.05, 0.1) is 26.4 Å².